The number of cyclic esters (lactones) is 1. The summed E-state index contributed by atoms with van der Waals surface area (Å²) in [4.78, 5) is 133. The van der Waals surface area contributed by atoms with Crippen molar-refractivity contribution in [3.05, 3.63) is 110 Å². The first kappa shape index (κ1) is 53.2. The molecule has 0 saturated carbocycles. The van der Waals surface area contributed by atoms with E-state index in [9.17, 15) is 53.1 Å². The van der Waals surface area contributed by atoms with Gasteiger partial charge < -0.3 is 46.3 Å². The summed E-state index contributed by atoms with van der Waals surface area (Å²) < 4.78 is 22.1. The number of nitrogens with zero attached hydrogens (tertiary/aromatic N) is 3. The topological polar surface area (TPSA) is 293 Å². The van der Waals surface area contributed by atoms with E-state index in [0.717, 1.165) is 10.5 Å². The summed E-state index contributed by atoms with van der Waals surface area (Å²) in [5.41, 5.74) is 2.16. The monoisotopic (exact) mass is 1030 g/mol. The summed E-state index contributed by atoms with van der Waals surface area (Å²) in [6.07, 6.45) is 5.21. The van der Waals surface area contributed by atoms with E-state index in [4.69, 9.17) is 9.72 Å². The van der Waals surface area contributed by atoms with Crippen molar-refractivity contribution in [2.75, 3.05) is 32.7 Å². The summed E-state index contributed by atoms with van der Waals surface area (Å²) >= 11 is 0. The van der Waals surface area contributed by atoms with Crippen LogP contribution in [0, 0.1) is 12.7 Å². The molecule has 2 aromatic heterocycles. The zero-order valence-electron chi connectivity index (χ0n) is 41.5. The van der Waals surface area contributed by atoms with Crippen molar-refractivity contribution in [1.82, 2.24) is 46.4 Å². The number of fused-ring (bicyclic) bond motifs is 5. The Balaban J connectivity index is 0.805. The Labute approximate surface area is 429 Å². The molecule has 0 saturated heterocycles. The van der Waals surface area contributed by atoms with Gasteiger partial charge in [-0.05, 0) is 73.8 Å². The van der Waals surface area contributed by atoms with Crippen LogP contribution in [0.3, 0.4) is 0 Å². The van der Waals surface area contributed by atoms with Crippen molar-refractivity contribution in [3.63, 3.8) is 0 Å². The van der Waals surface area contributed by atoms with Gasteiger partial charge in [0, 0.05) is 67.1 Å². The molecule has 0 fully saturated rings. The molecule has 22 heteroatoms. The van der Waals surface area contributed by atoms with Gasteiger partial charge in [-0.2, -0.15) is 0 Å². The van der Waals surface area contributed by atoms with Gasteiger partial charge in [0.2, 0.25) is 35.4 Å². The van der Waals surface area contributed by atoms with Gasteiger partial charge >= 0.3 is 5.97 Å². The molecule has 8 amide bonds. The lowest BCUT2D eigenvalue weighted by Gasteiger charge is -2.31. The highest BCUT2D eigenvalue weighted by atomic mass is 19.1. The molecule has 75 heavy (non-hydrogen) atoms. The molecule has 1 unspecified atom stereocenters. The highest BCUT2D eigenvalue weighted by Crippen LogP contribution is 2.46. The first-order valence-electron chi connectivity index (χ1n) is 25.0. The predicted molar refractivity (Wildman–Crippen MR) is 266 cm³/mol. The second kappa shape index (κ2) is 23.0. The number of pyridine rings is 2. The van der Waals surface area contributed by atoms with E-state index >= 15 is 4.39 Å². The number of rotatable bonds is 22. The summed E-state index contributed by atoms with van der Waals surface area (Å²) in [5.74, 6) is -5.33. The Morgan fingerprint density at radius 3 is 2.27 bits per heavy atom. The predicted octanol–water partition coefficient (Wildman–Crippen LogP) is 1.09. The Kier molecular flexibility index (Phi) is 16.3. The Morgan fingerprint density at radius 2 is 1.52 bits per heavy atom. The molecular formula is C53H58FN9O12. The average molecular weight is 1030 g/mol. The number of esters is 1. The number of aryl methyl sites for hydroxylation is 1. The first-order valence-corrected chi connectivity index (χ1v) is 25.0. The van der Waals surface area contributed by atoms with Gasteiger partial charge in [-0.25, -0.2) is 14.2 Å². The third-order valence-corrected chi connectivity index (χ3v) is 14.1. The van der Waals surface area contributed by atoms with E-state index in [0.29, 0.717) is 76.6 Å². The van der Waals surface area contributed by atoms with Gasteiger partial charge in [-0.1, -0.05) is 43.7 Å². The molecule has 8 rings (SSSR count). The highest BCUT2D eigenvalue weighted by Gasteiger charge is 2.46. The molecule has 2 aromatic carbocycles. The van der Waals surface area contributed by atoms with Crippen LogP contribution in [0.25, 0.3) is 22.3 Å². The third kappa shape index (κ3) is 11.6. The molecule has 3 atom stereocenters. The maximum Gasteiger partial charge on any atom is 0.343 e. The van der Waals surface area contributed by atoms with Gasteiger partial charge in [0.05, 0.1) is 54.7 Å². The van der Waals surface area contributed by atoms with E-state index in [2.05, 4.69) is 31.9 Å². The van der Waals surface area contributed by atoms with E-state index in [1.165, 1.54) is 22.8 Å². The number of imide groups is 1. The quantitative estimate of drug-likeness (QED) is 0.0291. The van der Waals surface area contributed by atoms with Gasteiger partial charge in [0.15, 0.2) is 5.60 Å². The number of hydrogen-bond acceptors (Lipinski definition) is 13. The van der Waals surface area contributed by atoms with Crippen LogP contribution in [0.15, 0.2) is 59.4 Å². The number of aromatic nitrogens is 2. The molecule has 5 heterocycles. The zero-order valence-corrected chi connectivity index (χ0v) is 41.5. The first-order chi connectivity index (χ1) is 36.0. The lowest BCUT2D eigenvalue weighted by Crippen LogP contribution is -2.52. The molecule has 4 aliphatic rings. The number of carbonyl (C=O) groups excluding carboxylic acids is 9. The van der Waals surface area contributed by atoms with Crippen LogP contribution in [-0.2, 0) is 79.5 Å². The maximum atomic E-state index is 15.4. The Morgan fingerprint density at radius 1 is 0.827 bits per heavy atom. The fourth-order valence-corrected chi connectivity index (χ4v) is 9.99. The molecule has 7 N–H and O–H groups in total. The normalized spacial score (nSPS) is 17.4. The van der Waals surface area contributed by atoms with Crippen LogP contribution in [-0.4, -0.2) is 112 Å². The number of hydrogen-bond donors (Lipinski definition) is 7. The van der Waals surface area contributed by atoms with Gasteiger partial charge in [0.1, 0.15) is 18.5 Å². The van der Waals surface area contributed by atoms with Crippen LogP contribution in [0.4, 0.5) is 4.39 Å². The largest absolute Gasteiger partial charge is 0.458 e. The number of benzene rings is 2. The van der Waals surface area contributed by atoms with Crippen molar-refractivity contribution < 1.29 is 57.4 Å². The van der Waals surface area contributed by atoms with Crippen LogP contribution in [0.5, 0.6) is 0 Å². The van der Waals surface area contributed by atoms with E-state index in [1.54, 1.807) is 50.2 Å². The molecule has 21 nitrogen and oxygen atoms in total. The summed E-state index contributed by atoms with van der Waals surface area (Å²) in [7, 11) is 0. The minimum Gasteiger partial charge on any atom is -0.458 e. The number of halogens is 1. The number of amides is 8. The fraction of sp³-hybridized carbons (Fsp3) is 0.415. The summed E-state index contributed by atoms with van der Waals surface area (Å²) in [6.45, 7) is 2.06. The standard InChI is InChI=1S/C53H58FN9O12/c1-3-53(74)34-22-39-49-32(27-63(39)51(72)33(34)28-75-52(53)73)48-36(16-15-31-29(2)35(54)23-37(61-49)47(31)48)59-41(65)14-10-19-55-42(66)25-58-50(71)38(21-30-11-6-4-7-12-30)60-44(68)26-57-43(67)24-56-40(64)13-8-5-9-20-62-45(69)17-18-46(62)70/h4,6-7,11-12,17-18,22-23,36,38,74H,3,5,8-10,13-16,19-21,24-28H2,1-2H3,(H,55,66)(H,56,64)(H,57,67)(H,58,71)(H,59,65)(H,60,68)/t36?,38-,53-/m0/s1. The number of aliphatic hydroxyl groups is 1. The average Bonchev–Trinajstić information content (AvgIpc) is 3.98. The lowest BCUT2D eigenvalue weighted by molar-refractivity contribution is -0.172. The number of nitrogens with one attached hydrogen (secondary N) is 6. The van der Waals surface area contributed by atoms with E-state index in [-0.39, 0.29) is 87.2 Å². The minimum absolute atomic E-state index is 0.00604. The molecule has 3 aliphatic heterocycles. The zero-order chi connectivity index (χ0) is 53.6. The van der Waals surface area contributed by atoms with Crippen LogP contribution in [0.2, 0.25) is 0 Å². The molecule has 4 aromatic rings. The summed E-state index contributed by atoms with van der Waals surface area (Å²) in [6, 6.07) is 10.1. The fourth-order valence-electron chi connectivity index (χ4n) is 9.99. The smallest absolute Gasteiger partial charge is 0.343 e. The van der Waals surface area contributed by atoms with Crippen LogP contribution in [0.1, 0.15) is 103 Å². The van der Waals surface area contributed by atoms with E-state index < -0.39 is 84.2 Å². The third-order valence-electron chi connectivity index (χ3n) is 14.1. The van der Waals surface area contributed by atoms with Gasteiger partial charge in [-0.15, -0.1) is 0 Å². The molecule has 394 valence electrons. The molecular weight excluding hydrogens is 974 g/mol. The van der Waals surface area contributed by atoms with Crippen molar-refractivity contribution >= 4 is 64.1 Å². The molecule has 0 bridgehead atoms. The molecule has 0 spiro atoms. The summed E-state index contributed by atoms with van der Waals surface area (Å²) in [5, 5.41) is 27.9. The second-order valence-corrected chi connectivity index (χ2v) is 19.0. The molecule has 1 aliphatic carbocycles. The second-order valence-electron chi connectivity index (χ2n) is 19.0. The van der Waals surface area contributed by atoms with Gasteiger partial charge in [-0.3, -0.25) is 48.1 Å². The SMILES string of the molecule is CC[C@@]1(O)C(=O)OCc2c1cc1n(c2=O)Cc2c-1nc1cc(F)c(C)c3c1c2C(NC(=O)CCCNC(=O)CNC(=O)[C@H](Cc1ccccc1)NC(=O)CNC(=O)CNC(=O)CCCCCN1C(=O)C=CC1=O)CC3. The Hall–Kier alpha value is -8.14. The lowest BCUT2D eigenvalue weighted by atomic mass is 9.81. The number of carbonyl (C=O) groups is 9. The minimum atomic E-state index is -2.04. The number of ether oxygens (including phenoxy) is 1. The Bertz CT molecular complexity index is 3090. The highest BCUT2D eigenvalue weighted by molar-refractivity contribution is 6.12. The van der Waals surface area contributed by atoms with Crippen molar-refractivity contribution in [2.24, 2.45) is 0 Å². The van der Waals surface area contributed by atoms with Gasteiger partial charge in [0.25, 0.3) is 17.4 Å². The number of unbranched alkanes of at least 4 members (excludes halogenated alkanes) is 2. The van der Waals surface area contributed by atoms with Crippen LogP contribution >= 0.6 is 0 Å². The molecule has 0 radical (unpaired) electrons. The van der Waals surface area contributed by atoms with Crippen molar-refractivity contribution in [3.8, 4) is 11.4 Å². The maximum absolute atomic E-state index is 15.4. The van der Waals surface area contributed by atoms with Crippen LogP contribution < -0.4 is 37.5 Å². The van der Waals surface area contributed by atoms with E-state index in [1.807, 2.05) is 0 Å². The van der Waals surface area contributed by atoms with Crippen molar-refractivity contribution in [1.29, 1.82) is 0 Å². The van der Waals surface area contributed by atoms with Crippen molar-refractivity contribution in [2.45, 2.75) is 109 Å².